The molecular weight excluding hydrogens is 260 g/mol. The van der Waals surface area contributed by atoms with E-state index in [2.05, 4.69) is 10.6 Å². The maximum atomic E-state index is 11.8. The molecule has 0 aliphatic heterocycles. The minimum Gasteiger partial charge on any atom is -0.496 e. The third kappa shape index (κ3) is 2.84. The molecule has 1 aliphatic carbocycles. The van der Waals surface area contributed by atoms with Crippen LogP contribution in [0.5, 0.6) is 5.75 Å². The van der Waals surface area contributed by atoms with Crippen LogP contribution in [-0.2, 0) is 11.3 Å². The Labute approximate surface area is 117 Å². The Morgan fingerprint density at radius 3 is 2.60 bits per heavy atom. The normalized spacial score (nSPS) is 15.8. The third-order valence-corrected chi connectivity index (χ3v) is 3.60. The average molecular weight is 278 g/mol. The van der Waals surface area contributed by atoms with E-state index in [9.17, 15) is 9.59 Å². The van der Waals surface area contributed by atoms with Crippen LogP contribution in [0.4, 0.5) is 4.79 Å². The molecular formula is C14H18N2O4. The maximum absolute atomic E-state index is 11.8. The average Bonchev–Trinajstić information content (AvgIpc) is 2.40. The minimum atomic E-state index is -1.09. The summed E-state index contributed by atoms with van der Waals surface area (Å²) in [6.07, 6.45) is 1.77. The number of carbonyl (C=O) groups excluding carboxylic acids is 1. The van der Waals surface area contributed by atoms with Crippen molar-refractivity contribution in [2.75, 3.05) is 7.11 Å². The molecule has 0 atom stereocenters. The number of urea groups is 1. The van der Waals surface area contributed by atoms with Gasteiger partial charge in [-0.3, -0.25) is 0 Å². The molecule has 1 aromatic rings. The van der Waals surface area contributed by atoms with Gasteiger partial charge in [-0.05, 0) is 25.3 Å². The SMILES string of the molecule is COc1ccccc1CNC(=O)NC1(C(=O)O)CCC1. The lowest BCUT2D eigenvalue weighted by Gasteiger charge is -2.38. The Kier molecular flexibility index (Phi) is 4.12. The number of hydrogen-bond donors (Lipinski definition) is 3. The second kappa shape index (κ2) is 5.81. The Hall–Kier alpha value is -2.24. The summed E-state index contributed by atoms with van der Waals surface area (Å²) < 4.78 is 5.18. The van der Waals surface area contributed by atoms with Crippen LogP contribution in [0.25, 0.3) is 0 Å². The summed E-state index contributed by atoms with van der Waals surface area (Å²) in [6.45, 7) is 0.283. The van der Waals surface area contributed by atoms with Crippen LogP contribution in [0.2, 0.25) is 0 Å². The number of carbonyl (C=O) groups is 2. The van der Waals surface area contributed by atoms with E-state index >= 15 is 0 Å². The van der Waals surface area contributed by atoms with Crippen LogP contribution in [0.3, 0.4) is 0 Å². The first-order valence-corrected chi connectivity index (χ1v) is 6.49. The summed E-state index contributed by atoms with van der Waals surface area (Å²) in [5, 5.41) is 14.3. The molecule has 2 rings (SSSR count). The van der Waals surface area contributed by atoms with Gasteiger partial charge in [-0.2, -0.15) is 0 Å². The van der Waals surface area contributed by atoms with Crippen molar-refractivity contribution in [3.05, 3.63) is 29.8 Å². The lowest BCUT2D eigenvalue weighted by molar-refractivity contribution is -0.148. The van der Waals surface area contributed by atoms with Gasteiger partial charge in [0.05, 0.1) is 7.11 Å². The van der Waals surface area contributed by atoms with E-state index in [0.717, 1.165) is 12.0 Å². The van der Waals surface area contributed by atoms with Crippen LogP contribution < -0.4 is 15.4 Å². The van der Waals surface area contributed by atoms with Crippen LogP contribution in [0.1, 0.15) is 24.8 Å². The Balaban J connectivity index is 1.91. The number of carboxylic acids is 1. The van der Waals surface area contributed by atoms with Gasteiger partial charge >= 0.3 is 12.0 Å². The molecule has 2 amide bonds. The second-order valence-electron chi connectivity index (χ2n) is 4.86. The molecule has 1 aromatic carbocycles. The summed E-state index contributed by atoms with van der Waals surface area (Å²) in [7, 11) is 1.56. The smallest absolute Gasteiger partial charge is 0.329 e. The van der Waals surface area contributed by atoms with Crippen molar-refractivity contribution < 1.29 is 19.4 Å². The number of hydrogen-bond acceptors (Lipinski definition) is 3. The van der Waals surface area contributed by atoms with Crippen molar-refractivity contribution in [3.63, 3.8) is 0 Å². The number of amides is 2. The van der Waals surface area contributed by atoms with Crippen molar-refractivity contribution in [2.24, 2.45) is 0 Å². The second-order valence-corrected chi connectivity index (χ2v) is 4.86. The highest BCUT2D eigenvalue weighted by atomic mass is 16.5. The van der Waals surface area contributed by atoms with Gasteiger partial charge in [-0.25, -0.2) is 9.59 Å². The number of nitrogens with one attached hydrogen (secondary N) is 2. The van der Waals surface area contributed by atoms with Crippen LogP contribution >= 0.6 is 0 Å². The van der Waals surface area contributed by atoms with Crippen molar-refractivity contribution in [2.45, 2.75) is 31.3 Å². The highest BCUT2D eigenvalue weighted by Gasteiger charge is 2.45. The molecule has 20 heavy (non-hydrogen) atoms. The van der Waals surface area contributed by atoms with Gasteiger partial charge in [0.25, 0.3) is 0 Å². The molecule has 6 nitrogen and oxygen atoms in total. The number of methoxy groups -OCH3 is 1. The van der Waals surface area contributed by atoms with E-state index in [1.165, 1.54) is 0 Å². The van der Waals surface area contributed by atoms with E-state index in [1.54, 1.807) is 13.2 Å². The number of rotatable bonds is 5. The molecule has 0 unspecified atom stereocenters. The van der Waals surface area contributed by atoms with Gasteiger partial charge in [0.2, 0.25) is 0 Å². The predicted octanol–water partition coefficient (Wildman–Crippen LogP) is 1.50. The standard InChI is InChI=1S/C14H18N2O4/c1-20-11-6-3-2-5-10(11)9-15-13(19)16-14(12(17)18)7-4-8-14/h2-3,5-6H,4,7-9H2,1H3,(H,17,18)(H2,15,16,19). The molecule has 1 aliphatic rings. The van der Waals surface area contributed by atoms with E-state index in [4.69, 9.17) is 9.84 Å². The molecule has 1 fully saturated rings. The van der Waals surface area contributed by atoms with Crippen molar-refractivity contribution in [1.29, 1.82) is 0 Å². The first kappa shape index (κ1) is 14.2. The minimum absolute atomic E-state index is 0.283. The number of aliphatic carboxylic acids is 1. The predicted molar refractivity (Wildman–Crippen MR) is 72.6 cm³/mol. The molecule has 6 heteroatoms. The van der Waals surface area contributed by atoms with Crippen LogP contribution in [0, 0.1) is 0 Å². The number of para-hydroxylation sites is 1. The summed E-state index contributed by atoms with van der Waals surface area (Å²) in [6, 6.07) is 6.87. The van der Waals surface area contributed by atoms with Crippen molar-refractivity contribution >= 4 is 12.0 Å². The topological polar surface area (TPSA) is 87.7 Å². The maximum Gasteiger partial charge on any atom is 0.329 e. The van der Waals surface area contributed by atoms with Gasteiger partial charge in [0, 0.05) is 12.1 Å². The molecule has 0 bridgehead atoms. The molecule has 1 saturated carbocycles. The van der Waals surface area contributed by atoms with Gasteiger partial charge in [0.15, 0.2) is 0 Å². The fraction of sp³-hybridized carbons (Fsp3) is 0.429. The van der Waals surface area contributed by atoms with Crippen molar-refractivity contribution in [1.82, 2.24) is 10.6 Å². The zero-order chi connectivity index (χ0) is 14.6. The monoisotopic (exact) mass is 278 g/mol. The Morgan fingerprint density at radius 2 is 2.05 bits per heavy atom. The zero-order valence-electron chi connectivity index (χ0n) is 11.3. The fourth-order valence-electron chi connectivity index (χ4n) is 2.21. The van der Waals surface area contributed by atoms with E-state index in [1.807, 2.05) is 18.2 Å². The number of ether oxygens (including phenoxy) is 1. The van der Waals surface area contributed by atoms with Crippen molar-refractivity contribution in [3.8, 4) is 5.75 Å². The molecule has 0 aromatic heterocycles. The van der Waals surface area contributed by atoms with E-state index < -0.39 is 17.5 Å². The number of benzene rings is 1. The summed E-state index contributed by atoms with van der Waals surface area (Å²) >= 11 is 0. The number of carboxylic acid groups (broad SMARTS) is 1. The lowest BCUT2D eigenvalue weighted by atomic mass is 9.77. The van der Waals surface area contributed by atoms with Crippen LogP contribution in [0.15, 0.2) is 24.3 Å². The highest BCUT2D eigenvalue weighted by Crippen LogP contribution is 2.31. The van der Waals surface area contributed by atoms with Gasteiger partial charge in [-0.15, -0.1) is 0 Å². The first-order chi connectivity index (χ1) is 9.57. The highest BCUT2D eigenvalue weighted by molar-refractivity contribution is 5.87. The Morgan fingerprint density at radius 1 is 1.35 bits per heavy atom. The molecule has 3 N–H and O–H groups in total. The molecule has 0 radical (unpaired) electrons. The summed E-state index contributed by atoms with van der Waals surface area (Å²) in [5.41, 5.74) is -0.256. The fourth-order valence-corrected chi connectivity index (χ4v) is 2.21. The van der Waals surface area contributed by atoms with Gasteiger partial charge < -0.3 is 20.5 Å². The molecule has 0 spiro atoms. The van der Waals surface area contributed by atoms with Gasteiger partial charge in [-0.1, -0.05) is 18.2 Å². The largest absolute Gasteiger partial charge is 0.496 e. The zero-order valence-corrected chi connectivity index (χ0v) is 11.3. The van der Waals surface area contributed by atoms with Gasteiger partial charge in [0.1, 0.15) is 11.3 Å². The third-order valence-electron chi connectivity index (χ3n) is 3.60. The molecule has 108 valence electrons. The molecule has 0 saturated heterocycles. The Bertz CT molecular complexity index is 512. The van der Waals surface area contributed by atoms with Crippen LogP contribution in [-0.4, -0.2) is 29.8 Å². The summed E-state index contributed by atoms with van der Waals surface area (Å²) in [5.74, 6) is -0.291. The first-order valence-electron chi connectivity index (χ1n) is 6.49. The quantitative estimate of drug-likeness (QED) is 0.761. The lowest BCUT2D eigenvalue weighted by Crippen LogP contribution is -2.61. The molecule has 0 heterocycles. The van der Waals surface area contributed by atoms with E-state index in [0.29, 0.717) is 18.6 Å². The summed E-state index contributed by atoms with van der Waals surface area (Å²) in [4.78, 5) is 23.0. The van der Waals surface area contributed by atoms with E-state index in [-0.39, 0.29) is 6.54 Å².